The molecular formula is C21H13BrCl2N2O3. The van der Waals surface area contributed by atoms with Gasteiger partial charge in [-0.15, -0.1) is 0 Å². The maximum atomic E-state index is 12.3. The highest BCUT2D eigenvalue weighted by Gasteiger charge is 2.13. The predicted molar refractivity (Wildman–Crippen MR) is 117 cm³/mol. The van der Waals surface area contributed by atoms with Crippen LogP contribution < -0.4 is 10.2 Å². The molecule has 0 bridgehead atoms. The number of ether oxygens (including phenoxy) is 1. The van der Waals surface area contributed by atoms with Gasteiger partial charge >= 0.3 is 5.97 Å². The van der Waals surface area contributed by atoms with E-state index in [2.05, 4.69) is 26.5 Å². The molecule has 1 amide bonds. The fraction of sp³-hybridized carbons (Fsp3) is 0. The fourth-order valence-corrected chi connectivity index (χ4v) is 3.30. The van der Waals surface area contributed by atoms with Crippen molar-refractivity contribution in [3.8, 4) is 5.75 Å². The molecule has 0 heterocycles. The van der Waals surface area contributed by atoms with Gasteiger partial charge in [-0.05, 0) is 64.0 Å². The second-order valence-corrected chi connectivity index (χ2v) is 7.46. The lowest BCUT2D eigenvalue weighted by Gasteiger charge is -2.07. The summed E-state index contributed by atoms with van der Waals surface area (Å²) in [5.74, 6) is -0.654. The number of rotatable bonds is 5. The number of benzene rings is 3. The molecular weight excluding hydrogens is 479 g/mol. The normalized spacial score (nSPS) is 10.7. The molecule has 0 radical (unpaired) electrons. The lowest BCUT2D eigenvalue weighted by molar-refractivity contribution is 0.0734. The molecule has 1 N–H and O–H groups in total. The van der Waals surface area contributed by atoms with E-state index in [1.54, 1.807) is 48.5 Å². The van der Waals surface area contributed by atoms with Crippen LogP contribution in [0.2, 0.25) is 10.0 Å². The van der Waals surface area contributed by atoms with Gasteiger partial charge in [-0.2, -0.15) is 5.10 Å². The van der Waals surface area contributed by atoms with Gasteiger partial charge in [0.25, 0.3) is 5.91 Å². The van der Waals surface area contributed by atoms with Crippen LogP contribution in [0.5, 0.6) is 5.75 Å². The highest BCUT2D eigenvalue weighted by molar-refractivity contribution is 9.10. The standard InChI is InChI=1S/C21H13BrCl2N2O3/c22-18-7-2-1-6-16(18)20(27)26-25-12-13-4-3-5-15(10-13)29-21(28)17-9-8-14(23)11-19(17)24/h1-12H,(H,26,27)/b25-12-. The number of hydrogen-bond acceptors (Lipinski definition) is 4. The quantitative estimate of drug-likeness (QED) is 0.214. The lowest BCUT2D eigenvalue weighted by Crippen LogP contribution is -2.18. The van der Waals surface area contributed by atoms with Gasteiger partial charge in [-0.25, -0.2) is 10.2 Å². The first kappa shape index (κ1) is 21.0. The Morgan fingerprint density at radius 3 is 2.52 bits per heavy atom. The predicted octanol–water partition coefficient (Wildman–Crippen LogP) is 5.74. The molecule has 0 saturated carbocycles. The average molecular weight is 492 g/mol. The van der Waals surface area contributed by atoms with Crippen molar-refractivity contribution in [3.63, 3.8) is 0 Å². The molecule has 0 aliphatic rings. The zero-order chi connectivity index (χ0) is 20.8. The Labute approximate surface area is 185 Å². The molecule has 0 atom stereocenters. The van der Waals surface area contributed by atoms with E-state index < -0.39 is 5.97 Å². The Balaban J connectivity index is 1.66. The van der Waals surface area contributed by atoms with Crippen molar-refractivity contribution in [1.82, 2.24) is 5.43 Å². The zero-order valence-electron chi connectivity index (χ0n) is 14.7. The maximum absolute atomic E-state index is 12.3. The van der Waals surface area contributed by atoms with E-state index in [1.165, 1.54) is 18.3 Å². The van der Waals surface area contributed by atoms with Crippen LogP contribution in [0.4, 0.5) is 0 Å². The summed E-state index contributed by atoms with van der Waals surface area (Å²) in [5.41, 5.74) is 3.75. The summed E-state index contributed by atoms with van der Waals surface area (Å²) in [6, 6.07) is 18.2. The van der Waals surface area contributed by atoms with Crippen molar-refractivity contribution >= 4 is 57.2 Å². The molecule has 0 aliphatic heterocycles. The Kier molecular flexibility index (Phi) is 7.04. The average Bonchev–Trinajstić information content (AvgIpc) is 2.68. The molecule has 0 unspecified atom stereocenters. The molecule has 0 aliphatic carbocycles. The van der Waals surface area contributed by atoms with Crippen molar-refractivity contribution in [2.45, 2.75) is 0 Å². The van der Waals surface area contributed by atoms with E-state index in [9.17, 15) is 9.59 Å². The van der Waals surface area contributed by atoms with Crippen LogP contribution in [0, 0.1) is 0 Å². The van der Waals surface area contributed by atoms with Crippen LogP contribution in [0.25, 0.3) is 0 Å². The summed E-state index contributed by atoms with van der Waals surface area (Å²) in [5, 5.41) is 4.57. The third-order valence-corrected chi connectivity index (χ3v) is 4.96. The summed E-state index contributed by atoms with van der Waals surface area (Å²) >= 11 is 15.2. The second kappa shape index (κ2) is 9.69. The minimum Gasteiger partial charge on any atom is -0.423 e. The minimum atomic E-state index is -0.608. The molecule has 5 nitrogen and oxygen atoms in total. The van der Waals surface area contributed by atoms with Crippen LogP contribution in [0.1, 0.15) is 26.3 Å². The monoisotopic (exact) mass is 490 g/mol. The summed E-state index contributed by atoms with van der Waals surface area (Å²) in [4.78, 5) is 24.4. The Hall–Kier alpha value is -2.67. The number of hydrogen-bond donors (Lipinski definition) is 1. The number of halogens is 3. The van der Waals surface area contributed by atoms with Gasteiger partial charge in [0.1, 0.15) is 5.75 Å². The number of amides is 1. The largest absolute Gasteiger partial charge is 0.423 e. The Morgan fingerprint density at radius 2 is 1.76 bits per heavy atom. The van der Waals surface area contributed by atoms with E-state index in [0.717, 1.165) is 0 Å². The highest BCUT2D eigenvalue weighted by atomic mass is 79.9. The fourth-order valence-electron chi connectivity index (χ4n) is 2.35. The lowest BCUT2D eigenvalue weighted by atomic mass is 10.2. The van der Waals surface area contributed by atoms with Gasteiger partial charge in [0, 0.05) is 9.50 Å². The van der Waals surface area contributed by atoms with Gasteiger partial charge in [0.2, 0.25) is 0 Å². The van der Waals surface area contributed by atoms with E-state index in [1.807, 2.05) is 6.07 Å². The zero-order valence-corrected chi connectivity index (χ0v) is 17.8. The molecule has 3 rings (SSSR count). The number of esters is 1. The van der Waals surface area contributed by atoms with Crippen LogP contribution in [0.3, 0.4) is 0 Å². The van der Waals surface area contributed by atoms with Crippen LogP contribution in [-0.4, -0.2) is 18.1 Å². The molecule has 146 valence electrons. The van der Waals surface area contributed by atoms with E-state index >= 15 is 0 Å². The van der Waals surface area contributed by atoms with Crippen molar-refractivity contribution in [3.05, 3.63) is 97.9 Å². The number of carbonyl (C=O) groups excluding carboxylic acids is 2. The van der Waals surface area contributed by atoms with Crippen molar-refractivity contribution in [2.75, 3.05) is 0 Å². The SMILES string of the molecule is O=C(Oc1cccc(/C=N\NC(=O)c2ccccc2Br)c1)c1ccc(Cl)cc1Cl. The number of nitrogens with zero attached hydrogens (tertiary/aromatic N) is 1. The Bertz CT molecular complexity index is 1100. The van der Waals surface area contributed by atoms with Gasteiger partial charge in [0.05, 0.1) is 22.4 Å². The van der Waals surface area contributed by atoms with Crippen LogP contribution >= 0.6 is 39.1 Å². The van der Waals surface area contributed by atoms with Crippen molar-refractivity contribution in [1.29, 1.82) is 0 Å². The molecule has 0 saturated heterocycles. The molecule has 8 heteroatoms. The molecule has 29 heavy (non-hydrogen) atoms. The number of nitrogens with one attached hydrogen (secondary N) is 1. The number of hydrazone groups is 1. The van der Waals surface area contributed by atoms with E-state index in [-0.39, 0.29) is 16.5 Å². The maximum Gasteiger partial charge on any atom is 0.345 e. The third kappa shape index (κ3) is 5.67. The minimum absolute atomic E-state index is 0.204. The van der Waals surface area contributed by atoms with Gasteiger partial charge in [-0.1, -0.05) is 47.5 Å². The van der Waals surface area contributed by atoms with E-state index in [4.69, 9.17) is 27.9 Å². The first-order valence-corrected chi connectivity index (χ1v) is 9.84. The van der Waals surface area contributed by atoms with E-state index in [0.29, 0.717) is 26.4 Å². The highest BCUT2D eigenvalue weighted by Crippen LogP contribution is 2.23. The first-order chi connectivity index (χ1) is 13.9. The smallest absolute Gasteiger partial charge is 0.345 e. The van der Waals surface area contributed by atoms with Crippen molar-refractivity contribution < 1.29 is 14.3 Å². The van der Waals surface area contributed by atoms with Crippen molar-refractivity contribution in [2.24, 2.45) is 5.10 Å². The van der Waals surface area contributed by atoms with Crippen LogP contribution in [0.15, 0.2) is 76.3 Å². The summed E-state index contributed by atoms with van der Waals surface area (Å²) in [6.45, 7) is 0. The Morgan fingerprint density at radius 1 is 0.966 bits per heavy atom. The number of carbonyl (C=O) groups is 2. The molecule has 3 aromatic rings. The molecule has 0 aromatic heterocycles. The van der Waals surface area contributed by atoms with Gasteiger partial charge in [-0.3, -0.25) is 4.79 Å². The summed E-state index contributed by atoms with van der Waals surface area (Å²) in [7, 11) is 0. The molecule has 0 fully saturated rings. The van der Waals surface area contributed by atoms with Gasteiger partial charge in [0.15, 0.2) is 0 Å². The molecule has 0 spiro atoms. The third-order valence-electron chi connectivity index (χ3n) is 3.72. The topological polar surface area (TPSA) is 67.8 Å². The summed E-state index contributed by atoms with van der Waals surface area (Å²) < 4.78 is 6.02. The van der Waals surface area contributed by atoms with Gasteiger partial charge < -0.3 is 4.74 Å². The van der Waals surface area contributed by atoms with Crippen LogP contribution in [-0.2, 0) is 0 Å². The summed E-state index contributed by atoms with van der Waals surface area (Å²) in [6.07, 6.45) is 1.45. The first-order valence-electron chi connectivity index (χ1n) is 8.29. The molecule has 3 aromatic carbocycles. The second-order valence-electron chi connectivity index (χ2n) is 5.77.